The van der Waals surface area contributed by atoms with Gasteiger partial charge in [-0.25, -0.2) is 0 Å². The molecule has 4 aliphatic rings. The van der Waals surface area contributed by atoms with E-state index in [0.29, 0.717) is 26.2 Å². The lowest BCUT2D eigenvalue weighted by Crippen LogP contribution is -2.47. The Hall–Kier alpha value is -2.15. The van der Waals surface area contributed by atoms with Crippen LogP contribution in [0.15, 0.2) is 18.3 Å². The van der Waals surface area contributed by atoms with Gasteiger partial charge in [-0.1, -0.05) is 32.9 Å². The number of nitrogens with one attached hydrogen (secondary N) is 1. The Morgan fingerprint density at radius 3 is 3.04 bits per heavy atom. The van der Waals surface area contributed by atoms with Gasteiger partial charge in [0.25, 0.3) is 0 Å². The van der Waals surface area contributed by atoms with Crippen molar-refractivity contribution in [2.24, 2.45) is 17.3 Å². The van der Waals surface area contributed by atoms with Crippen LogP contribution < -0.4 is 0 Å². The summed E-state index contributed by atoms with van der Waals surface area (Å²) in [5.74, 6) is -0.709. The average Bonchev–Trinajstić information content (AvgIpc) is 3.33. The molecule has 27 heavy (non-hydrogen) atoms. The number of amides is 2. The van der Waals surface area contributed by atoms with Crippen LogP contribution in [-0.4, -0.2) is 63.2 Å². The van der Waals surface area contributed by atoms with Crippen molar-refractivity contribution in [3.8, 4) is 0 Å². The van der Waals surface area contributed by atoms with Crippen molar-refractivity contribution in [2.45, 2.75) is 45.4 Å². The number of hydrogen-bond donors (Lipinski definition) is 1. The van der Waals surface area contributed by atoms with E-state index in [4.69, 9.17) is 4.74 Å². The van der Waals surface area contributed by atoms with Crippen molar-refractivity contribution >= 4 is 11.8 Å². The summed E-state index contributed by atoms with van der Waals surface area (Å²) in [6.07, 6.45) is 6.29. The number of carbonyl (C=O) groups is 2. The second kappa shape index (κ2) is 5.44. The van der Waals surface area contributed by atoms with Gasteiger partial charge in [0.2, 0.25) is 11.8 Å². The number of H-pyrrole nitrogens is 1. The molecule has 0 aliphatic carbocycles. The summed E-state index contributed by atoms with van der Waals surface area (Å²) in [4.78, 5) is 30.4. The summed E-state index contributed by atoms with van der Waals surface area (Å²) in [7, 11) is 0. The van der Waals surface area contributed by atoms with Crippen LogP contribution in [0.4, 0.5) is 0 Å². The van der Waals surface area contributed by atoms with Gasteiger partial charge >= 0.3 is 0 Å². The maximum atomic E-state index is 13.4. The summed E-state index contributed by atoms with van der Waals surface area (Å²) >= 11 is 0. The van der Waals surface area contributed by atoms with Crippen LogP contribution in [-0.2, 0) is 27.3 Å². The summed E-state index contributed by atoms with van der Waals surface area (Å²) in [5.41, 5.74) is 1.56. The minimum Gasteiger partial charge on any atom is -0.360 e. The lowest BCUT2D eigenvalue weighted by atomic mass is 9.76. The van der Waals surface area contributed by atoms with Gasteiger partial charge in [-0.2, -0.15) is 5.10 Å². The number of aromatic amines is 1. The standard InChI is InChI=1S/C20H26N4O3/c1-19(2,3)10-24-11-20-6-4-14(27-20)15(16(20)18(24)26)17(25)23-7-5-13-12(9-23)8-21-22-13/h4,6,8,14-16H,5,7,9-11H2,1-3H3,(H,21,22)/t14-,15-,16-,20-/m0/s1. The molecule has 1 spiro atoms. The Morgan fingerprint density at radius 1 is 1.44 bits per heavy atom. The molecular weight excluding hydrogens is 344 g/mol. The highest BCUT2D eigenvalue weighted by molar-refractivity contribution is 5.93. The van der Waals surface area contributed by atoms with Crippen molar-refractivity contribution in [1.29, 1.82) is 0 Å². The third-order valence-electron chi connectivity index (χ3n) is 6.24. The molecule has 2 saturated heterocycles. The molecule has 4 atom stereocenters. The third kappa shape index (κ3) is 2.47. The SMILES string of the molecule is CC(C)(C)CN1C[C@]23C=C[C@H](O2)[C@H](C(=O)N2CCc4[nH]ncc4C2)[C@H]3C1=O. The molecule has 1 N–H and O–H groups in total. The molecule has 2 fully saturated rings. The molecule has 1 aromatic rings. The van der Waals surface area contributed by atoms with Gasteiger partial charge in [-0.05, 0) is 5.41 Å². The summed E-state index contributed by atoms with van der Waals surface area (Å²) < 4.78 is 6.24. The van der Waals surface area contributed by atoms with Crippen LogP contribution in [0.5, 0.6) is 0 Å². The molecule has 0 saturated carbocycles. The van der Waals surface area contributed by atoms with Crippen LogP contribution in [0.25, 0.3) is 0 Å². The Bertz CT molecular complexity index is 839. The molecule has 5 rings (SSSR count). The second-order valence-electron chi connectivity index (χ2n) is 9.54. The summed E-state index contributed by atoms with van der Waals surface area (Å²) in [6.45, 7) is 8.81. The van der Waals surface area contributed by atoms with Crippen molar-refractivity contribution in [3.05, 3.63) is 29.6 Å². The largest absolute Gasteiger partial charge is 0.360 e. The minimum absolute atomic E-state index is 0.0106. The van der Waals surface area contributed by atoms with E-state index in [1.807, 2.05) is 22.0 Å². The topological polar surface area (TPSA) is 78.5 Å². The summed E-state index contributed by atoms with van der Waals surface area (Å²) in [5, 5.41) is 7.08. The molecule has 144 valence electrons. The molecule has 7 heteroatoms. The van der Waals surface area contributed by atoms with E-state index in [2.05, 4.69) is 31.0 Å². The number of aromatic nitrogens is 2. The highest BCUT2D eigenvalue weighted by Crippen LogP contribution is 2.52. The zero-order valence-corrected chi connectivity index (χ0v) is 16.1. The van der Waals surface area contributed by atoms with Crippen LogP contribution in [0.1, 0.15) is 32.0 Å². The van der Waals surface area contributed by atoms with Gasteiger partial charge in [0.15, 0.2) is 0 Å². The number of ether oxygens (including phenoxy) is 1. The predicted octanol–water partition coefficient (Wildman–Crippen LogP) is 1.12. The van der Waals surface area contributed by atoms with Gasteiger partial charge in [0.05, 0.1) is 30.7 Å². The molecule has 7 nitrogen and oxygen atoms in total. The number of carbonyl (C=O) groups excluding carboxylic acids is 2. The number of hydrogen-bond acceptors (Lipinski definition) is 4. The van der Waals surface area contributed by atoms with E-state index < -0.39 is 17.4 Å². The van der Waals surface area contributed by atoms with E-state index in [1.165, 1.54) is 0 Å². The van der Waals surface area contributed by atoms with E-state index in [-0.39, 0.29) is 23.3 Å². The van der Waals surface area contributed by atoms with Crippen LogP contribution in [0.3, 0.4) is 0 Å². The summed E-state index contributed by atoms with van der Waals surface area (Å²) in [6, 6.07) is 0. The van der Waals surface area contributed by atoms with Gasteiger partial charge < -0.3 is 14.5 Å². The monoisotopic (exact) mass is 370 g/mol. The van der Waals surface area contributed by atoms with Crippen LogP contribution in [0, 0.1) is 17.3 Å². The fraction of sp³-hybridized carbons (Fsp3) is 0.650. The van der Waals surface area contributed by atoms with Gasteiger partial charge in [0, 0.05) is 37.3 Å². The van der Waals surface area contributed by atoms with E-state index in [0.717, 1.165) is 17.7 Å². The molecule has 2 bridgehead atoms. The maximum absolute atomic E-state index is 13.4. The molecule has 5 heterocycles. The smallest absolute Gasteiger partial charge is 0.230 e. The molecule has 2 amide bonds. The molecule has 0 aromatic carbocycles. The maximum Gasteiger partial charge on any atom is 0.230 e. The van der Waals surface area contributed by atoms with Gasteiger partial charge in [0.1, 0.15) is 5.60 Å². The first-order valence-corrected chi connectivity index (χ1v) is 9.73. The van der Waals surface area contributed by atoms with Crippen molar-refractivity contribution in [2.75, 3.05) is 19.6 Å². The quantitative estimate of drug-likeness (QED) is 0.792. The zero-order valence-electron chi connectivity index (χ0n) is 16.1. The average molecular weight is 370 g/mol. The van der Waals surface area contributed by atoms with Crippen LogP contribution in [0.2, 0.25) is 0 Å². The zero-order chi connectivity index (χ0) is 19.0. The second-order valence-corrected chi connectivity index (χ2v) is 9.54. The Kier molecular flexibility index (Phi) is 3.42. The first-order valence-electron chi connectivity index (χ1n) is 9.73. The number of likely N-dealkylation sites (tertiary alicyclic amines) is 1. The van der Waals surface area contributed by atoms with E-state index in [9.17, 15) is 9.59 Å². The Balaban J connectivity index is 1.40. The molecule has 1 aromatic heterocycles. The number of rotatable bonds is 2. The Labute approximate surface area is 158 Å². The lowest BCUT2D eigenvalue weighted by Gasteiger charge is -2.32. The normalized spacial score (nSPS) is 34.3. The van der Waals surface area contributed by atoms with Crippen molar-refractivity contribution in [3.63, 3.8) is 0 Å². The Morgan fingerprint density at radius 2 is 2.26 bits per heavy atom. The van der Waals surface area contributed by atoms with E-state index in [1.54, 1.807) is 6.20 Å². The predicted molar refractivity (Wildman–Crippen MR) is 97.5 cm³/mol. The fourth-order valence-electron chi connectivity index (χ4n) is 5.19. The van der Waals surface area contributed by atoms with E-state index >= 15 is 0 Å². The molecule has 0 unspecified atom stereocenters. The molecular formula is C20H26N4O3. The van der Waals surface area contributed by atoms with Crippen molar-refractivity contribution < 1.29 is 14.3 Å². The van der Waals surface area contributed by atoms with Gasteiger partial charge in [-0.15, -0.1) is 0 Å². The number of fused-ring (bicyclic) bond motifs is 2. The number of nitrogens with zero attached hydrogens (tertiary/aromatic N) is 3. The fourth-order valence-corrected chi connectivity index (χ4v) is 5.19. The minimum atomic E-state index is -0.621. The first-order chi connectivity index (χ1) is 12.8. The molecule has 4 aliphatic heterocycles. The van der Waals surface area contributed by atoms with Gasteiger partial charge in [-0.3, -0.25) is 14.7 Å². The highest BCUT2D eigenvalue weighted by atomic mass is 16.5. The van der Waals surface area contributed by atoms with Crippen molar-refractivity contribution in [1.82, 2.24) is 20.0 Å². The third-order valence-corrected chi connectivity index (χ3v) is 6.24. The highest BCUT2D eigenvalue weighted by Gasteiger charge is 2.67. The van der Waals surface area contributed by atoms with Crippen LogP contribution >= 0.6 is 0 Å². The first kappa shape index (κ1) is 17.0. The molecule has 0 radical (unpaired) electrons. The lowest BCUT2D eigenvalue weighted by molar-refractivity contribution is -0.144.